The van der Waals surface area contributed by atoms with Crippen molar-refractivity contribution in [3.8, 4) is 0 Å². The van der Waals surface area contributed by atoms with Crippen molar-refractivity contribution in [2.45, 2.75) is 32.2 Å². The second kappa shape index (κ2) is 3.66. The number of piperazine rings is 1. The second-order valence-corrected chi connectivity index (χ2v) is 4.10. The summed E-state index contributed by atoms with van der Waals surface area (Å²) in [6, 6.07) is 0.126. The summed E-state index contributed by atoms with van der Waals surface area (Å²) in [7, 11) is 0. The maximum Gasteiger partial charge on any atom is 0.239 e. The summed E-state index contributed by atoms with van der Waals surface area (Å²) in [5, 5.41) is 3.31. The van der Waals surface area contributed by atoms with Crippen molar-refractivity contribution in [3.63, 3.8) is 0 Å². The van der Waals surface area contributed by atoms with Crippen LogP contribution in [0.3, 0.4) is 0 Å². The topological polar surface area (TPSA) is 32.3 Å². The first-order valence-electron chi connectivity index (χ1n) is 5.33. The molecule has 2 aliphatic rings. The van der Waals surface area contributed by atoms with Gasteiger partial charge in [-0.15, -0.1) is 0 Å². The molecule has 1 N–H and O–H groups in total. The SMILES string of the molecule is CCN1CCN[C@H](CC2CC2)C1=O. The Bertz CT molecular complexity index is 201. The van der Waals surface area contributed by atoms with E-state index in [2.05, 4.69) is 12.2 Å². The van der Waals surface area contributed by atoms with Crippen LogP contribution in [-0.4, -0.2) is 36.5 Å². The van der Waals surface area contributed by atoms with E-state index < -0.39 is 0 Å². The van der Waals surface area contributed by atoms with Crippen LogP contribution in [0.25, 0.3) is 0 Å². The van der Waals surface area contributed by atoms with E-state index in [1.165, 1.54) is 12.8 Å². The lowest BCUT2D eigenvalue weighted by Gasteiger charge is -2.32. The third kappa shape index (κ3) is 2.02. The van der Waals surface area contributed by atoms with E-state index in [0.717, 1.165) is 32.0 Å². The van der Waals surface area contributed by atoms with E-state index in [-0.39, 0.29) is 6.04 Å². The van der Waals surface area contributed by atoms with Gasteiger partial charge in [0.25, 0.3) is 0 Å². The number of rotatable bonds is 3. The van der Waals surface area contributed by atoms with Gasteiger partial charge in [-0.2, -0.15) is 0 Å². The number of hydrogen-bond donors (Lipinski definition) is 1. The van der Waals surface area contributed by atoms with Gasteiger partial charge >= 0.3 is 0 Å². The summed E-state index contributed by atoms with van der Waals surface area (Å²) in [6.07, 6.45) is 3.73. The fourth-order valence-electron chi connectivity index (χ4n) is 1.98. The number of hydrogen-bond acceptors (Lipinski definition) is 2. The van der Waals surface area contributed by atoms with E-state index in [9.17, 15) is 4.79 Å². The number of nitrogens with one attached hydrogen (secondary N) is 1. The Hall–Kier alpha value is -0.570. The first-order chi connectivity index (χ1) is 6.31. The van der Waals surface area contributed by atoms with Crippen LogP contribution in [0.15, 0.2) is 0 Å². The average Bonchev–Trinajstić information content (AvgIpc) is 2.92. The van der Waals surface area contributed by atoms with E-state index >= 15 is 0 Å². The van der Waals surface area contributed by atoms with Gasteiger partial charge in [-0.25, -0.2) is 0 Å². The predicted octanol–water partition coefficient (Wildman–Crippen LogP) is 0.607. The van der Waals surface area contributed by atoms with Crippen molar-refractivity contribution >= 4 is 5.91 Å². The monoisotopic (exact) mass is 182 g/mol. The standard InChI is InChI=1S/C10H18N2O/c1-2-12-6-5-11-9(10(12)13)7-8-3-4-8/h8-9,11H,2-7H2,1H3/t9-/m1/s1. The lowest BCUT2D eigenvalue weighted by atomic mass is 10.1. The van der Waals surface area contributed by atoms with Crippen LogP contribution < -0.4 is 5.32 Å². The molecule has 13 heavy (non-hydrogen) atoms. The molecule has 0 aromatic rings. The molecule has 1 heterocycles. The summed E-state index contributed by atoms with van der Waals surface area (Å²) < 4.78 is 0. The quantitative estimate of drug-likeness (QED) is 0.693. The van der Waals surface area contributed by atoms with E-state index in [0.29, 0.717) is 5.91 Å². The number of amides is 1. The van der Waals surface area contributed by atoms with Gasteiger partial charge in [-0.3, -0.25) is 4.79 Å². The minimum absolute atomic E-state index is 0.126. The molecule has 74 valence electrons. The molecule has 1 aliphatic carbocycles. The lowest BCUT2D eigenvalue weighted by molar-refractivity contribution is -0.135. The van der Waals surface area contributed by atoms with Crippen molar-refractivity contribution in [1.82, 2.24) is 10.2 Å². The molecule has 3 heteroatoms. The molecule has 2 fully saturated rings. The van der Waals surface area contributed by atoms with Gasteiger partial charge in [0.15, 0.2) is 0 Å². The van der Waals surface area contributed by atoms with Crippen molar-refractivity contribution < 1.29 is 4.79 Å². The normalized spacial score (nSPS) is 29.5. The molecule has 1 saturated carbocycles. The highest BCUT2D eigenvalue weighted by Gasteiger charge is 2.32. The molecule has 1 amide bonds. The Morgan fingerprint density at radius 1 is 1.54 bits per heavy atom. The molecular weight excluding hydrogens is 164 g/mol. The Morgan fingerprint density at radius 3 is 2.92 bits per heavy atom. The highest BCUT2D eigenvalue weighted by Crippen LogP contribution is 2.34. The zero-order valence-corrected chi connectivity index (χ0v) is 8.25. The molecule has 3 nitrogen and oxygen atoms in total. The first kappa shape index (κ1) is 9.00. The van der Waals surface area contributed by atoms with Gasteiger partial charge in [-0.1, -0.05) is 12.8 Å². The van der Waals surface area contributed by atoms with Crippen LogP contribution in [0.1, 0.15) is 26.2 Å². The maximum atomic E-state index is 11.8. The third-order valence-corrected chi connectivity index (χ3v) is 3.03. The molecule has 0 bridgehead atoms. The van der Waals surface area contributed by atoms with Gasteiger partial charge in [0.2, 0.25) is 5.91 Å². The van der Waals surface area contributed by atoms with Crippen molar-refractivity contribution in [2.24, 2.45) is 5.92 Å². The number of nitrogens with zero attached hydrogens (tertiary/aromatic N) is 1. The fraction of sp³-hybridized carbons (Fsp3) is 0.900. The van der Waals surface area contributed by atoms with Crippen LogP contribution in [0.5, 0.6) is 0 Å². The Balaban J connectivity index is 1.89. The molecule has 0 aromatic heterocycles. The van der Waals surface area contributed by atoms with Crippen molar-refractivity contribution in [2.75, 3.05) is 19.6 Å². The molecule has 1 atom stereocenters. The first-order valence-corrected chi connectivity index (χ1v) is 5.33. The van der Waals surface area contributed by atoms with Crippen LogP contribution >= 0.6 is 0 Å². The molecule has 1 saturated heterocycles. The van der Waals surface area contributed by atoms with Crippen LogP contribution in [0, 0.1) is 5.92 Å². The van der Waals surface area contributed by atoms with Gasteiger partial charge in [0.1, 0.15) is 0 Å². The van der Waals surface area contributed by atoms with Gasteiger partial charge in [0, 0.05) is 19.6 Å². The Kier molecular flexibility index (Phi) is 2.54. The zero-order valence-electron chi connectivity index (χ0n) is 8.25. The van der Waals surface area contributed by atoms with Gasteiger partial charge in [0.05, 0.1) is 6.04 Å². The average molecular weight is 182 g/mol. The lowest BCUT2D eigenvalue weighted by Crippen LogP contribution is -2.54. The van der Waals surface area contributed by atoms with Gasteiger partial charge < -0.3 is 10.2 Å². The van der Waals surface area contributed by atoms with E-state index in [4.69, 9.17) is 0 Å². The van der Waals surface area contributed by atoms with Gasteiger partial charge in [-0.05, 0) is 19.3 Å². The summed E-state index contributed by atoms with van der Waals surface area (Å²) in [6.45, 7) is 4.77. The molecule has 0 aromatic carbocycles. The summed E-state index contributed by atoms with van der Waals surface area (Å²) >= 11 is 0. The van der Waals surface area contributed by atoms with Crippen LogP contribution in [0.4, 0.5) is 0 Å². The van der Waals surface area contributed by atoms with E-state index in [1.807, 2.05) is 4.90 Å². The Labute approximate surface area is 79.5 Å². The van der Waals surface area contributed by atoms with Crippen LogP contribution in [-0.2, 0) is 4.79 Å². The molecule has 0 spiro atoms. The maximum absolute atomic E-state index is 11.8. The third-order valence-electron chi connectivity index (χ3n) is 3.03. The summed E-state index contributed by atoms with van der Waals surface area (Å²) in [5.74, 6) is 1.15. The summed E-state index contributed by atoms with van der Waals surface area (Å²) in [5.41, 5.74) is 0. The minimum atomic E-state index is 0.126. The molecule has 1 aliphatic heterocycles. The van der Waals surface area contributed by atoms with Crippen LogP contribution in [0.2, 0.25) is 0 Å². The van der Waals surface area contributed by atoms with Crippen molar-refractivity contribution in [3.05, 3.63) is 0 Å². The fourth-order valence-corrected chi connectivity index (χ4v) is 1.98. The minimum Gasteiger partial charge on any atom is -0.340 e. The Morgan fingerprint density at radius 2 is 2.31 bits per heavy atom. The molecule has 2 rings (SSSR count). The highest BCUT2D eigenvalue weighted by atomic mass is 16.2. The summed E-state index contributed by atoms with van der Waals surface area (Å²) in [4.78, 5) is 13.7. The smallest absolute Gasteiger partial charge is 0.239 e. The molecular formula is C10H18N2O. The number of carbonyl (C=O) groups excluding carboxylic acids is 1. The molecule has 0 unspecified atom stereocenters. The highest BCUT2D eigenvalue weighted by molar-refractivity contribution is 5.82. The second-order valence-electron chi connectivity index (χ2n) is 4.10. The predicted molar refractivity (Wildman–Crippen MR) is 51.4 cm³/mol. The van der Waals surface area contributed by atoms with E-state index in [1.54, 1.807) is 0 Å². The molecule has 0 radical (unpaired) electrons. The number of carbonyl (C=O) groups is 1. The number of likely N-dealkylation sites (N-methyl/N-ethyl adjacent to an activating group) is 1. The largest absolute Gasteiger partial charge is 0.340 e. The van der Waals surface area contributed by atoms with Crippen molar-refractivity contribution in [1.29, 1.82) is 0 Å². The zero-order chi connectivity index (χ0) is 9.26.